The number of hydrogen-bond donors (Lipinski definition) is 1. The van der Waals surface area contributed by atoms with Crippen LogP contribution in [0.15, 0.2) is 47.2 Å². The second kappa shape index (κ2) is 4.70. The van der Waals surface area contributed by atoms with Crippen LogP contribution in [0.4, 0.5) is 5.69 Å². The molecule has 0 aliphatic heterocycles. The average molecular weight is 333 g/mol. The standard InChI is InChI=1S/C20H15NS2/c1-11-9-22-19-12(11)3-4-13-14-5-8-17-18(21-2)10-23-20(17)16(14)7-6-15(13)19/h3-10,21H,1-2H3. The van der Waals surface area contributed by atoms with Crippen LogP contribution in [0.3, 0.4) is 0 Å². The van der Waals surface area contributed by atoms with E-state index in [4.69, 9.17) is 0 Å². The molecule has 0 aliphatic rings. The van der Waals surface area contributed by atoms with Crippen molar-refractivity contribution in [1.82, 2.24) is 0 Å². The Morgan fingerprint density at radius 1 is 0.652 bits per heavy atom. The van der Waals surface area contributed by atoms with Gasteiger partial charge in [0.1, 0.15) is 0 Å². The minimum absolute atomic E-state index is 1.22. The largest absolute Gasteiger partial charge is 0.387 e. The van der Waals surface area contributed by atoms with Gasteiger partial charge in [0.2, 0.25) is 0 Å². The Hall–Kier alpha value is -2.10. The number of aryl methyl sites for hydroxylation is 1. The molecule has 0 fully saturated rings. The number of anilines is 1. The maximum Gasteiger partial charge on any atom is 0.0526 e. The van der Waals surface area contributed by atoms with Gasteiger partial charge in [0.05, 0.1) is 5.69 Å². The summed E-state index contributed by atoms with van der Waals surface area (Å²) in [6.45, 7) is 2.19. The molecule has 0 unspecified atom stereocenters. The van der Waals surface area contributed by atoms with Crippen LogP contribution in [-0.2, 0) is 0 Å². The second-order valence-electron chi connectivity index (χ2n) is 5.96. The van der Waals surface area contributed by atoms with Crippen LogP contribution >= 0.6 is 22.7 Å². The first kappa shape index (κ1) is 13.3. The highest BCUT2D eigenvalue weighted by Crippen LogP contribution is 2.40. The van der Waals surface area contributed by atoms with Crippen molar-refractivity contribution >= 4 is 70.1 Å². The predicted molar refractivity (Wildman–Crippen MR) is 107 cm³/mol. The average Bonchev–Trinajstić information content (AvgIpc) is 3.17. The highest BCUT2D eigenvalue weighted by molar-refractivity contribution is 7.19. The third kappa shape index (κ3) is 1.72. The second-order valence-corrected chi connectivity index (χ2v) is 7.72. The summed E-state index contributed by atoms with van der Waals surface area (Å²) in [4.78, 5) is 0. The molecule has 0 saturated carbocycles. The summed E-state index contributed by atoms with van der Waals surface area (Å²) in [6.07, 6.45) is 0. The third-order valence-corrected chi connectivity index (χ3v) is 6.91. The van der Waals surface area contributed by atoms with E-state index in [1.54, 1.807) is 0 Å². The first-order valence-electron chi connectivity index (χ1n) is 7.69. The van der Waals surface area contributed by atoms with Gasteiger partial charge >= 0.3 is 0 Å². The van der Waals surface area contributed by atoms with Crippen LogP contribution in [0.5, 0.6) is 0 Å². The minimum atomic E-state index is 1.22. The minimum Gasteiger partial charge on any atom is -0.387 e. The van der Waals surface area contributed by atoms with Gasteiger partial charge in [0.15, 0.2) is 0 Å². The van der Waals surface area contributed by atoms with Crippen LogP contribution in [0.2, 0.25) is 0 Å². The summed E-state index contributed by atoms with van der Waals surface area (Å²) >= 11 is 3.68. The molecule has 0 atom stereocenters. The Balaban J connectivity index is 1.98. The predicted octanol–water partition coefficient (Wildman–Crippen LogP) is 6.77. The number of benzene rings is 3. The lowest BCUT2D eigenvalue weighted by molar-refractivity contribution is 1.58. The maximum absolute atomic E-state index is 3.29. The van der Waals surface area contributed by atoms with Crippen molar-refractivity contribution < 1.29 is 0 Å². The highest BCUT2D eigenvalue weighted by Gasteiger charge is 2.11. The maximum atomic E-state index is 3.29. The molecule has 3 heteroatoms. The van der Waals surface area contributed by atoms with Gasteiger partial charge in [0.25, 0.3) is 0 Å². The molecule has 23 heavy (non-hydrogen) atoms. The van der Waals surface area contributed by atoms with Crippen LogP contribution < -0.4 is 5.32 Å². The van der Waals surface area contributed by atoms with Crippen LogP contribution in [-0.4, -0.2) is 7.05 Å². The van der Waals surface area contributed by atoms with Crippen LogP contribution in [0, 0.1) is 6.92 Å². The van der Waals surface area contributed by atoms with Crippen molar-refractivity contribution in [2.75, 3.05) is 12.4 Å². The first-order chi connectivity index (χ1) is 11.3. The molecule has 2 aromatic heterocycles. The quantitative estimate of drug-likeness (QED) is 0.334. The van der Waals surface area contributed by atoms with Crippen molar-refractivity contribution in [2.45, 2.75) is 6.92 Å². The topological polar surface area (TPSA) is 12.0 Å². The molecule has 3 aromatic carbocycles. The fourth-order valence-corrected chi connectivity index (χ4v) is 5.70. The zero-order valence-corrected chi connectivity index (χ0v) is 14.6. The molecule has 1 N–H and O–H groups in total. The Labute approximate surface area is 142 Å². The van der Waals surface area contributed by atoms with Gasteiger partial charge in [-0.2, -0.15) is 0 Å². The van der Waals surface area contributed by atoms with Crippen molar-refractivity contribution in [2.24, 2.45) is 0 Å². The third-order valence-electron chi connectivity index (χ3n) is 4.73. The Morgan fingerprint density at radius 2 is 1.17 bits per heavy atom. The van der Waals surface area contributed by atoms with E-state index in [-0.39, 0.29) is 0 Å². The number of hydrogen-bond acceptors (Lipinski definition) is 3. The lowest BCUT2D eigenvalue weighted by atomic mass is 9.99. The molecule has 112 valence electrons. The van der Waals surface area contributed by atoms with Gasteiger partial charge in [0, 0.05) is 38.0 Å². The molecule has 0 saturated heterocycles. The summed E-state index contributed by atoms with van der Waals surface area (Å²) in [5.41, 5.74) is 2.59. The van der Waals surface area contributed by atoms with Gasteiger partial charge in [-0.25, -0.2) is 0 Å². The van der Waals surface area contributed by atoms with Gasteiger partial charge in [-0.1, -0.05) is 36.4 Å². The Morgan fingerprint density at radius 3 is 1.87 bits per heavy atom. The van der Waals surface area contributed by atoms with Crippen LogP contribution in [0.1, 0.15) is 5.56 Å². The lowest BCUT2D eigenvalue weighted by Crippen LogP contribution is -1.85. The monoisotopic (exact) mass is 333 g/mol. The fraction of sp³-hybridized carbons (Fsp3) is 0.100. The van der Waals surface area contributed by atoms with Crippen LogP contribution in [0.25, 0.3) is 41.7 Å². The van der Waals surface area contributed by atoms with E-state index < -0.39 is 0 Å². The zero-order valence-electron chi connectivity index (χ0n) is 12.9. The van der Waals surface area contributed by atoms with Gasteiger partial charge in [-0.3, -0.25) is 0 Å². The smallest absolute Gasteiger partial charge is 0.0526 e. The van der Waals surface area contributed by atoms with E-state index in [1.165, 1.54) is 53.0 Å². The first-order valence-corrected chi connectivity index (χ1v) is 9.45. The number of fused-ring (bicyclic) bond motifs is 7. The van der Waals surface area contributed by atoms with E-state index >= 15 is 0 Å². The summed E-state index contributed by atoms with van der Waals surface area (Å²) in [5, 5.41) is 15.9. The Kier molecular flexibility index (Phi) is 2.73. The van der Waals surface area contributed by atoms with E-state index in [9.17, 15) is 0 Å². The van der Waals surface area contributed by atoms with E-state index in [0.717, 1.165) is 0 Å². The molecule has 0 amide bonds. The van der Waals surface area contributed by atoms with E-state index in [2.05, 4.69) is 59.4 Å². The SMILES string of the molecule is CNc1csc2c1ccc1c3ccc4c(C)csc4c3ccc12. The van der Waals surface area contributed by atoms with Crippen molar-refractivity contribution in [3.8, 4) is 0 Å². The molecular formula is C20H15NS2. The van der Waals surface area contributed by atoms with Crippen molar-refractivity contribution in [1.29, 1.82) is 0 Å². The number of thiophene rings is 2. The molecule has 0 spiro atoms. The van der Waals surface area contributed by atoms with E-state index in [0.29, 0.717) is 0 Å². The lowest BCUT2D eigenvalue weighted by Gasteiger charge is -2.07. The molecule has 5 aromatic rings. The van der Waals surface area contributed by atoms with Gasteiger partial charge in [-0.15, -0.1) is 22.7 Å². The normalized spacial score (nSPS) is 11.9. The van der Waals surface area contributed by atoms with Gasteiger partial charge in [-0.05, 0) is 34.0 Å². The molecule has 0 bridgehead atoms. The van der Waals surface area contributed by atoms with Crippen molar-refractivity contribution in [3.05, 3.63) is 52.7 Å². The Bertz CT molecular complexity index is 1210. The number of nitrogens with one attached hydrogen (secondary N) is 1. The molecule has 2 heterocycles. The van der Waals surface area contributed by atoms with Crippen molar-refractivity contribution in [3.63, 3.8) is 0 Å². The molecular weight excluding hydrogens is 318 g/mol. The van der Waals surface area contributed by atoms with Gasteiger partial charge < -0.3 is 5.32 Å². The number of rotatable bonds is 1. The summed E-state index contributed by atoms with van der Waals surface area (Å²) < 4.78 is 2.78. The molecule has 0 aliphatic carbocycles. The van der Waals surface area contributed by atoms with E-state index in [1.807, 2.05) is 29.7 Å². The molecule has 0 radical (unpaired) electrons. The highest BCUT2D eigenvalue weighted by atomic mass is 32.1. The summed E-state index contributed by atoms with van der Waals surface area (Å²) in [6, 6.07) is 13.7. The zero-order chi connectivity index (χ0) is 15.6. The molecule has 5 rings (SSSR count). The summed E-state index contributed by atoms with van der Waals surface area (Å²) in [7, 11) is 1.99. The molecule has 1 nitrogen and oxygen atoms in total. The fourth-order valence-electron chi connectivity index (χ4n) is 3.53. The summed E-state index contributed by atoms with van der Waals surface area (Å²) in [5.74, 6) is 0.